The second-order valence-electron chi connectivity index (χ2n) is 7.25. The zero-order valence-electron chi connectivity index (χ0n) is 19.0. The third-order valence-corrected chi connectivity index (χ3v) is 7.08. The van der Waals surface area contributed by atoms with Crippen LogP contribution in [0, 0.1) is 0 Å². The van der Waals surface area contributed by atoms with Gasteiger partial charge in [-0.05, 0) is 26.0 Å². The van der Waals surface area contributed by atoms with Gasteiger partial charge >= 0.3 is 5.97 Å². The number of rotatable bonds is 9. The zero-order valence-corrected chi connectivity index (χ0v) is 19.8. The van der Waals surface area contributed by atoms with Crippen molar-refractivity contribution in [2.45, 2.75) is 25.4 Å². The molecule has 1 aliphatic rings. The third-order valence-electron chi connectivity index (χ3n) is 5.25. The van der Waals surface area contributed by atoms with Crippen molar-refractivity contribution in [2.75, 3.05) is 51.3 Å². The summed E-state index contributed by atoms with van der Waals surface area (Å²) < 4.78 is 39.7. The van der Waals surface area contributed by atoms with Gasteiger partial charge in [0, 0.05) is 38.9 Å². The molecule has 1 aliphatic heterocycles. The number of anilines is 1. The molecule has 0 bridgehead atoms. The third kappa shape index (κ3) is 5.45. The molecule has 2 heterocycles. The van der Waals surface area contributed by atoms with E-state index in [0.29, 0.717) is 26.2 Å². The minimum Gasteiger partial charge on any atom is -0.492 e. The van der Waals surface area contributed by atoms with Crippen LogP contribution in [0.15, 0.2) is 35.5 Å². The lowest BCUT2D eigenvalue weighted by molar-refractivity contribution is -0.139. The highest BCUT2D eigenvalue weighted by Gasteiger charge is 2.35. The van der Waals surface area contributed by atoms with E-state index in [2.05, 4.69) is 20.1 Å². The van der Waals surface area contributed by atoms with E-state index in [-0.39, 0.29) is 30.2 Å². The Morgan fingerprint density at radius 2 is 1.82 bits per heavy atom. The summed E-state index contributed by atoms with van der Waals surface area (Å²) >= 11 is 0. The molecule has 1 aromatic carbocycles. The average molecular weight is 480 g/mol. The Morgan fingerprint density at radius 1 is 1.12 bits per heavy atom. The second kappa shape index (κ2) is 10.7. The van der Waals surface area contributed by atoms with Gasteiger partial charge in [-0.3, -0.25) is 14.3 Å². The summed E-state index contributed by atoms with van der Waals surface area (Å²) in [5.74, 6) is -0.593. The number of nitrogens with zero attached hydrogens (tertiary/aromatic N) is 4. The smallest absolute Gasteiger partial charge is 0.325 e. The molecule has 0 saturated carbocycles. The van der Waals surface area contributed by atoms with Crippen molar-refractivity contribution >= 4 is 27.6 Å². The van der Waals surface area contributed by atoms with Gasteiger partial charge < -0.3 is 19.7 Å². The lowest BCUT2D eigenvalue weighted by Gasteiger charge is -2.35. The van der Waals surface area contributed by atoms with Crippen LogP contribution >= 0.6 is 0 Å². The number of hydrogen-bond acceptors (Lipinski definition) is 8. The molecule has 0 atom stereocenters. The SMILES string of the molecule is CCOc1ccccc1N1CCN(S(=O)(=O)c2nn(CC)cc2C(=O)NCC(=O)OC)CC1. The number of ether oxygens (including phenoxy) is 2. The average Bonchev–Trinajstić information content (AvgIpc) is 3.29. The van der Waals surface area contributed by atoms with Gasteiger partial charge in [0.25, 0.3) is 15.9 Å². The molecule has 3 rings (SSSR count). The van der Waals surface area contributed by atoms with Crippen LogP contribution in [0.25, 0.3) is 0 Å². The van der Waals surface area contributed by atoms with E-state index < -0.39 is 21.9 Å². The minimum atomic E-state index is -4.03. The van der Waals surface area contributed by atoms with Gasteiger partial charge in [0.1, 0.15) is 12.3 Å². The number of amides is 1. The lowest BCUT2D eigenvalue weighted by Crippen LogP contribution is -2.49. The Morgan fingerprint density at radius 3 is 2.45 bits per heavy atom. The van der Waals surface area contributed by atoms with Crippen molar-refractivity contribution in [2.24, 2.45) is 0 Å². The molecule has 1 N–H and O–H groups in total. The Hall–Kier alpha value is -3.12. The predicted octanol–water partition coefficient (Wildman–Crippen LogP) is 0.715. The number of esters is 1. The van der Waals surface area contributed by atoms with E-state index in [4.69, 9.17) is 4.74 Å². The second-order valence-corrected chi connectivity index (χ2v) is 9.11. The van der Waals surface area contributed by atoms with E-state index in [0.717, 1.165) is 11.4 Å². The fourth-order valence-electron chi connectivity index (χ4n) is 3.52. The van der Waals surface area contributed by atoms with Crippen molar-refractivity contribution in [1.29, 1.82) is 0 Å². The number of piperazine rings is 1. The number of aromatic nitrogens is 2. The number of carbonyl (C=O) groups excluding carboxylic acids is 2. The van der Waals surface area contributed by atoms with Gasteiger partial charge in [0.2, 0.25) is 5.03 Å². The number of carbonyl (C=O) groups is 2. The highest BCUT2D eigenvalue weighted by molar-refractivity contribution is 7.89. The van der Waals surface area contributed by atoms with Gasteiger partial charge in [0.05, 0.1) is 25.0 Å². The lowest BCUT2D eigenvalue weighted by atomic mass is 10.2. The first-order valence-electron chi connectivity index (χ1n) is 10.7. The van der Waals surface area contributed by atoms with Crippen LogP contribution in [-0.4, -0.2) is 80.8 Å². The van der Waals surface area contributed by atoms with Crippen LogP contribution in [0.5, 0.6) is 5.75 Å². The molecule has 2 aromatic rings. The summed E-state index contributed by atoms with van der Waals surface area (Å²) in [6.07, 6.45) is 1.37. The molecule has 0 unspecified atom stereocenters. The molecule has 0 radical (unpaired) electrons. The predicted molar refractivity (Wildman–Crippen MR) is 121 cm³/mol. The molecule has 1 amide bonds. The number of nitrogens with one attached hydrogen (secondary N) is 1. The molecule has 12 heteroatoms. The molecule has 1 aromatic heterocycles. The summed E-state index contributed by atoms with van der Waals surface area (Å²) in [6, 6.07) is 7.64. The summed E-state index contributed by atoms with van der Waals surface area (Å²) in [5.41, 5.74) is 0.805. The van der Waals surface area contributed by atoms with E-state index in [1.165, 1.54) is 22.3 Å². The Labute approximate surface area is 193 Å². The van der Waals surface area contributed by atoms with Crippen LogP contribution in [0.1, 0.15) is 24.2 Å². The maximum Gasteiger partial charge on any atom is 0.325 e. The van der Waals surface area contributed by atoms with Crippen molar-refractivity contribution in [1.82, 2.24) is 19.4 Å². The van der Waals surface area contributed by atoms with Gasteiger partial charge in [-0.15, -0.1) is 0 Å². The van der Waals surface area contributed by atoms with Gasteiger partial charge in [0.15, 0.2) is 0 Å². The van der Waals surface area contributed by atoms with Crippen LogP contribution in [0.2, 0.25) is 0 Å². The van der Waals surface area contributed by atoms with Crippen molar-refractivity contribution < 1.29 is 27.5 Å². The monoisotopic (exact) mass is 479 g/mol. The highest BCUT2D eigenvalue weighted by Crippen LogP contribution is 2.30. The van der Waals surface area contributed by atoms with Crippen LogP contribution in [-0.2, 0) is 26.1 Å². The Balaban J connectivity index is 1.78. The van der Waals surface area contributed by atoms with Crippen LogP contribution in [0.3, 0.4) is 0 Å². The van der Waals surface area contributed by atoms with Gasteiger partial charge in [-0.25, -0.2) is 8.42 Å². The van der Waals surface area contributed by atoms with Gasteiger partial charge in [-0.2, -0.15) is 9.40 Å². The van der Waals surface area contributed by atoms with Crippen molar-refractivity contribution in [3.63, 3.8) is 0 Å². The van der Waals surface area contributed by atoms with Gasteiger partial charge in [-0.1, -0.05) is 12.1 Å². The van der Waals surface area contributed by atoms with Crippen LogP contribution in [0.4, 0.5) is 5.69 Å². The number of para-hydroxylation sites is 2. The molecule has 11 nitrogen and oxygen atoms in total. The zero-order chi connectivity index (χ0) is 24.0. The van der Waals surface area contributed by atoms with Crippen LogP contribution < -0.4 is 15.0 Å². The molecular weight excluding hydrogens is 450 g/mol. The normalized spacial score (nSPS) is 14.7. The summed E-state index contributed by atoms with van der Waals surface area (Å²) in [4.78, 5) is 26.0. The largest absolute Gasteiger partial charge is 0.492 e. The maximum atomic E-state index is 13.4. The van der Waals surface area contributed by atoms with E-state index in [9.17, 15) is 18.0 Å². The number of hydrogen-bond donors (Lipinski definition) is 1. The number of benzene rings is 1. The van der Waals surface area contributed by atoms with E-state index in [1.807, 2.05) is 31.2 Å². The molecule has 1 fully saturated rings. The standard InChI is InChI=1S/C21H29N5O6S/c1-4-25-15-16(20(28)22-14-19(27)31-3)21(23-25)33(29,30)26-12-10-24(11-13-26)17-8-6-7-9-18(17)32-5-2/h6-9,15H,4-5,10-14H2,1-3H3,(H,22,28). The Kier molecular flexibility index (Phi) is 7.92. The van der Waals surface area contributed by atoms with Crippen molar-refractivity contribution in [3.8, 4) is 5.75 Å². The number of sulfonamides is 1. The highest BCUT2D eigenvalue weighted by atomic mass is 32.2. The fraction of sp³-hybridized carbons (Fsp3) is 0.476. The molecule has 180 valence electrons. The van der Waals surface area contributed by atoms with E-state index in [1.54, 1.807) is 6.92 Å². The number of methoxy groups -OCH3 is 1. The first kappa shape index (κ1) is 24.5. The molecular formula is C21H29N5O6S. The van der Waals surface area contributed by atoms with E-state index >= 15 is 0 Å². The molecule has 1 saturated heterocycles. The quantitative estimate of drug-likeness (QED) is 0.522. The first-order valence-corrected chi connectivity index (χ1v) is 12.1. The van der Waals surface area contributed by atoms with Crippen molar-refractivity contribution in [3.05, 3.63) is 36.0 Å². The summed E-state index contributed by atoms with van der Waals surface area (Å²) in [6.45, 7) is 5.62. The summed E-state index contributed by atoms with van der Waals surface area (Å²) in [5, 5.41) is 6.19. The summed E-state index contributed by atoms with van der Waals surface area (Å²) in [7, 11) is -2.83. The molecule has 33 heavy (non-hydrogen) atoms. The maximum absolute atomic E-state index is 13.4. The molecule has 0 spiro atoms. The molecule has 0 aliphatic carbocycles. The first-order chi connectivity index (χ1) is 15.8. The topological polar surface area (TPSA) is 123 Å². The Bertz CT molecular complexity index is 1090. The minimum absolute atomic E-state index is 0.107. The number of aryl methyl sites for hydroxylation is 1. The fourth-order valence-corrected chi connectivity index (χ4v) is 5.04.